The van der Waals surface area contributed by atoms with Crippen molar-refractivity contribution in [2.45, 2.75) is 17.9 Å². The molecule has 0 amide bonds. The standard InChI is InChI=1S/C22H21ClFNO4S/c1-15(16-7-5-4-6-8-16)25(17-9-12-21(28-2)22(13-17)29-3)30(26,27)18-10-11-20(24)19(23)14-18/h4-15H,1-3H3/t15-/m0/s1. The zero-order valence-electron chi connectivity index (χ0n) is 16.7. The topological polar surface area (TPSA) is 55.8 Å². The number of rotatable bonds is 7. The Morgan fingerprint density at radius 1 is 0.933 bits per heavy atom. The Labute approximate surface area is 180 Å². The lowest BCUT2D eigenvalue weighted by Gasteiger charge is -2.31. The average molecular weight is 450 g/mol. The Bertz CT molecular complexity index is 1140. The molecule has 0 saturated carbocycles. The maximum Gasteiger partial charge on any atom is 0.264 e. The quantitative estimate of drug-likeness (QED) is 0.481. The van der Waals surface area contributed by atoms with Gasteiger partial charge in [0.15, 0.2) is 11.5 Å². The van der Waals surface area contributed by atoms with E-state index >= 15 is 0 Å². The molecular weight excluding hydrogens is 429 g/mol. The van der Waals surface area contributed by atoms with Gasteiger partial charge in [-0.3, -0.25) is 4.31 Å². The zero-order valence-corrected chi connectivity index (χ0v) is 18.2. The van der Waals surface area contributed by atoms with Gasteiger partial charge in [-0.1, -0.05) is 41.9 Å². The van der Waals surface area contributed by atoms with Gasteiger partial charge in [-0.05, 0) is 42.8 Å². The van der Waals surface area contributed by atoms with Crippen LogP contribution < -0.4 is 13.8 Å². The Hall–Kier alpha value is -2.77. The maximum atomic E-state index is 13.6. The number of benzene rings is 3. The van der Waals surface area contributed by atoms with Crippen molar-refractivity contribution in [1.82, 2.24) is 0 Å². The molecule has 3 rings (SSSR count). The van der Waals surface area contributed by atoms with Gasteiger partial charge in [0.1, 0.15) is 5.82 Å². The number of halogens is 2. The van der Waals surface area contributed by atoms with Crippen molar-refractivity contribution in [1.29, 1.82) is 0 Å². The van der Waals surface area contributed by atoms with Crippen molar-refractivity contribution in [3.05, 3.63) is 83.1 Å². The molecule has 0 bridgehead atoms. The number of hydrogen-bond acceptors (Lipinski definition) is 4. The fourth-order valence-corrected chi connectivity index (χ4v) is 5.06. The predicted octanol–water partition coefficient (Wildman–Crippen LogP) is 5.45. The van der Waals surface area contributed by atoms with Crippen molar-refractivity contribution in [3.63, 3.8) is 0 Å². The highest BCUT2D eigenvalue weighted by Gasteiger charge is 2.31. The highest BCUT2D eigenvalue weighted by molar-refractivity contribution is 7.92. The molecule has 0 saturated heterocycles. The molecule has 30 heavy (non-hydrogen) atoms. The summed E-state index contributed by atoms with van der Waals surface area (Å²) in [6.45, 7) is 1.77. The second kappa shape index (κ2) is 8.93. The van der Waals surface area contributed by atoms with Crippen LogP contribution in [0.1, 0.15) is 18.5 Å². The van der Waals surface area contributed by atoms with Crippen LogP contribution in [0.25, 0.3) is 0 Å². The van der Waals surface area contributed by atoms with E-state index in [9.17, 15) is 12.8 Å². The minimum absolute atomic E-state index is 0.119. The van der Waals surface area contributed by atoms with E-state index < -0.39 is 21.9 Å². The van der Waals surface area contributed by atoms with Crippen molar-refractivity contribution >= 4 is 27.3 Å². The van der Waals surface area contributed by atoms with E-state index in [1.54, 1.807) is 25.1 Å². The van der Waals surface area contributed by atoms with Crippen LogP contribution >= 0.6 is 11.6 Å². The SMILES string of the molecule is COc1ccc(N([C@@H](C)c2ccccc2)S(=O)(=O)c2ccc(F)c(Cl)c2)cc1OC. The Morgan fingerprint density at radius 3 is 2.20 bits per heavy atom. The second-order valence-corrected chi connectivity index (χ2v) is 8.72. The van der Waals surface area contributed by atoms with E-state index in [4.69, 9.17) is 21.1 Å². The molecule has 0 aromatic heterocycles. The van der Waals surface area contributed by atoms with Crippen LogP contribution in [0, 0.1) is 5.82 Å². The molecule has 0 heterocycles. The lowest BCUT2D eigenvalue weighted by atomic mass is 10.1. The molecule has 0 aliphatic heterocycles. The third-order valence-electron chi connectivity index (χ3n) is 4.70. The Kier molecular flexibility index (Phi) is 6.53. The minimum Gasteiger partial charge on any atom is -0.493 e. The smallest absolute Gasteiger partial charge is 0.264 e. The van der Waals surface area contributed by atoms with Gasteiger partial charge in [0.05, 0.1) is 35.9 Å². The molecular formula is C22H21ClFNO4S. The summed E-state index contributed by atoms with van der Waals surface area (Å²) in [7, 11) is -1.13. The van der Waals surface area contributed by atoms with Crippen molar-refractivity contribution in [3.8, 4) is 11.5 Å². The molecule has 0 aliphatic rings. The van der Waals surface area contributed by atoms with Gasteiger partial charge in [0, 0.05) is 6.07 Å². The van der Waals surface area contributed by atoms with Crippen LogP contribution in [0.2, 0.25) is 5.02 Å². The lowest BCUT2D eigenvalue weighted by Crippen LogP contribution is -2.33. The number of anilines is 1. The summed E-state index contributed by atoms with van der Waals surface area (Å²) in [5.41, 5.74) is 1.15. The number of sulfonamides is 1. The average Bonchev–Trinajstić information content (AvgIpc) is 2.75. The number of ether oxygens (including phenoxy) is 2. The molecule has 158 valence electrons. The maximum absolute atomic E-state index is 13.6. The highest BCUT2D eigenvalue weighted by atomic mass is 35.5. The van der Waals surface area contributed by atoms with Gasteiger partial charge >= 0.3 is 0 Å². The fraction of sp³-hybridized carbons (Fsp3) is 0.182. The Balaban J connectivity index is 2.20. The van der Waals surface area contributed by atoms with Crippen LogP contribution in [-0.4, -0.2) is 22.6 Å². The molecule has 3 aromatic carbocycles. The first kappa shape index (κ1) is 21.9. The summed E-state index contributed by atoms with van der Waals surface area (Å²) < 4.78 is 52.8. The van der Waals surface area contributed by atoms with E-state index in [0.717, 1.165) is 17.7 Å². The predicted molar refractivity (Wildman–Crippen MR) is 115 cm³/mol. The largest absolute Gasteiger partial charge is 0.493 e. The van der Waals surface area contributed by atoms with Gasteiger partial charge in [0.25, 0.3) is 10.0 Å². The summed E-state index contributed by atoms with van der Waals surface area (Å²) in [6, 6.07) is 16.8. The number of nitrogens with zero attached hydrogens (tertiary/aromatic N) is 1. The van der Waals surface area contributed by atoms with Crippen LogP contribution in [0.15, 0.2) is 71.6 Å². The van der Waals surface area contributed by atoms with E-state index in [1.807, 2.05) is 30.3 Å². The van der Waals surface area contributed by atoms with Crippen molar-refractivity contribution in [2.24, 2.45) is 0 Å². The molecule has 3 aromatic rings. The van der Waals surface area contributed by atoms with Crippen molar-refractivity contribution in [2.75, 3.05) is 18.5 Å². The fourth-order valence-electron chi connectivity index (χ4n) is 3.15. The van der Waals surface area contributed by atoms with E-state index in [-0.39, 0.29) is 9.92 Å². The van der Waals surface area contributed by atoms with Gasteiger partial charge in [-0.25, -0.2) is 12.8 Å². The van der Waals surface area contributed by atoms with E-state index in [0.29, 0.717) is 17.2 Å². The van der Waals surface area contributed by atoms with Gasteiger partial charge in [-0.15, -0.1) is 0 Å². The summed E-state index contributed by atoms with van der Waals surface area (Å²) in [5, 5.41) is -0.268. The van der Waals surface area contributed by atoms with Gasteiger partial charge in [0.2, 0.25) is 0 Å². The van der Waals surface area contributed by atoms with E-state index in [1.165, 1.54) is 24.6 Å². The normalized spacial score (nSPS) is 12.3. The monoisotopic (exact) mass is 449 g/mol. The molecule has 0 radical (unpaired) electrons. The highest BCUT2D eigenvalue weighted by Crippen LogP contribution is 2.38. The van der Waals surface area contributed by atoms with E-state index in [2.05, 4.69) is 0 Å². The van der Waals surface area contributed by atoms with Gasteiger partial charge < -0.3 is 9.47 Å². The summed E-state index contributed by atoms with van der Waals surface area (Å²) in [6.07, 6.45) is 0. The van der Waals surface area contributed by atoms with Crippen LogP contribution in [0.4, 0.5) is 10.1 Å². The summed E-state index contributed by atoms with van der Waals surface area (Å²) in [4.78, 5) is -0.119. The molecule has 5 nitrogen and oxygen atoms in total. The second-order valence-electron chi connectivity index (χ2n) is 6.50. The lowest BCUT2D eigenvalue weighted by molar-refractivity contribution is 0.355. The first-order chi connectivity index (χ1) is 14.3. The molecule has 8 heteroatoms. The van der Waals surface area contributed by atoms with Crippen LogP contribution in [-0.2, 0) is 10.0 Å². The first-order valence-corrected chi connectivity index (χ1v) is 10.9. The molecule has 0 unspecified atom stereocenters. The zero-order chi connectivity index (χ0) is 21.9. The molecule has 0 fully saturated rings. The van der Waals surface area contributed by atoms with Crippen LogP contribution in [0.5, 0.6) is 11.5 Å². The Morgan fingerprint density at radius 2 is 1.60 bits per heavy atom. The molecule has 0 aliphatic carbocycles. The number of hydrogen-bond donors (Lipinski definition) is 0. The molecule has 0 N–H and O–H groups in total. The van der Waals surface area contributed by atoms with Crippen molar-refractivity contribution < 1.29 is 22.3 Å². The third-order valence-corrected chi connectivity index (χ3v) is 6.89. The summed E-state index contributed by atoms with van der Waals surface area (Å²) >= 11 is 5.86. The third kappa shape index (κ3) is 4.22. The van der Waals surface area contributed by atoms with Crippen LogP contribution in [0.3, 0.4) is 0 Å². The minimum atomic E-state index is -4.10. The van der Waals surface area contributed by atoms with Gasteiger partial charge in [-0.2, -0.15) is 0 Å². The number of methoxy groups -OCH3 is 2. The summed E-state index contributed by atoms with van der Waals surface area (Å²) in [5.74, 6) is 0.160. The molecule has 0 spiro atoms. The first-order valence-electron chi connectivity index (χ1n) is 9.06. The molecule has 1 atom stereocenters.